The van der Waals surface area contributed by atoms with Gasteiger partial charge in [-0.1, -0.05) is 6.07 Å². The minimum atomic E-state index is -3.22. The number of phenolic OH excluding ortho intramolecular Hbond substituents is 1. The molecule has 0 aliphatic carbocycles. The van der Waals surface area contributed by atoms with Gasteiger partial charge in [0, 0.05) is 31.0 Å². The van der Waals surface area contributed by atoms with Gasteiger partial charge in [-0.3, -0.25) is 10.1 Å². The molecule has 0 unspecified atom stereocenters. The molecular weight excluding hydrogens is 422 g/mol. The van der Waals surface area contributed by atoms with E-state index >= 15 is 0 Å². The van der Waals surface area contributed by atoms with Crippen molar-refractivity contribution in [3.8, 4) is 5.75 Å². The number of fused-ring (bicyclic) bond motifs is 1. The Bertz CT molecular complexity index is 1100. The summed E-state index contributed by atoms with van der Waals surface area (Å²) < 4.78 is 30.2. The summed E-state index contributed by atoms with van der Waals surface area (Å²) in [5, 5.41) is 12.4. The summed E-state index contributed by atoms with van der Waals surface area (Å²) >= 11 is 0. The second-order valence-electron chi connectivity index (χ2n) is 7.41. The molecule has 0 spiro atoms. The second-order valence-corrected chi connectivity index (χ2v) is 9.24. The van der Waals surface area contributed by atoms with Crippen LogP contribution in [0.15, 0.2) is 30.3 Å². The van der Waals surface area contributed by atoms with E-state index in [4.69, 9.17) is 4.74 Å². The number of aldehydes is 1. The van der Waals surface area contributed by atoms with E-state index in [-0.39, 0.29) is 17.9 Å². The number of ether oxygens (including phenoxy) is 1. The zero-order valence-electron chi connectivity index (χ0n) is 17.3. The highest BCUT2D eigenvalue weighted by molar-refractivity contribution is 7.88. The Hall–Kier alpha value is -3.11. The highest BCUT2D eigenvalue weighted by atomic mass is 32.2. The quantitative estimate of drug-likeness (QED) is 0.530. The Morgan fingerprint density at radius 1 is 1.29 bits per heavy atom. The molecule has 1 amide bonds. The van der Waals surface area contributed by atoms with Crippen LogP contribution in [0.3, 0.4) is 0 Å². The Morgan fingerprint density at radius 3 is 2.74 bits per heavy atom. The molecule has 0 saturated carbocycles. The summed E-state index contributed by atoms with van der Waals surface area (Å²) in [4.78, 5) is 25.1. The molecule has 1 aliphatic heterocycles. The first kappa shape index (κ1) is 22.6. The number of nitrogens with one attached hydrogen (secondary N) is 2. The van der Waals surface area contributed by atoms with Crippen molar-refractivity contribution in [1.82, 2.24) is 4.72 Å². The van der Waals surface area contributed by atoms with E-state index in [0.717, 1.165) is 36.0 Å². The third-order valence-corrected chi connectivity index (χ3v) is 5.72. The smallest absolute Gasteiger partial charge is 0.411 e. The standard InChI is InChI=1S/C21H25N3O6S/c1-14-9-19-16(5-7-24(19)8-6-22-31(2,28)29)11-18(14)23-21(27)30-13-15-3-4-17(12-25)20(26)10-15/h3-4,9-12,22,26H,5-8,13H2,1-2H3,(H,23,27). The van der Waals surface area contributed by atoms with Gasteiger partial charge in [0.05, 0.1) is 11.8 Å². The lowest BCUT2D eigenvalue weighted by atomic mass is 10.1. The van der Waals surface area contributed by atoms with Crippen molar-refractivity contribution in [3.05, 3.63) is 52.6 Å². The minimum Gasteiger partial charge on any atom is -0.507 e. The maximum atomic E-state index is 12.2. The molecule has 1 aliphatic rings. The van der Waals surface area contributed by atoms with Crippen molar-refractivity contribution in [2.75, 3.05) is 36.1 Å². The van der Waals surface area contributed by atoms with Gasteiger partial charge in [0.15, 0.2) is 6.29 Å². The second kappa shape index (κ2) is 9.36. The van der Waals surface area contributed by atoms with E-state index in [1.807, 2.05) is 19.1 Å². The third kappa shape index (κ3) is 5.96. The number of carbonyl (C=O) groups is 2. The molecule has 0 saturated heterocycles. The van der Waals surface area contributed by atoms with E-state index in [2.05, 4.69) is 14.9 Å². The Balaban J connectivity index is 1.59. The molecule has 0 fully saturated rings. The average molecular weight is 448 g/mol. The Labute approximate surface area is 181 Å². The monoisotopic (exact) mass is 447 g/mol. The summed E-state index contributed by atoms with van der Waals surface area (Å²) in [6, 6.07) is 8.31. The van der Waals surface area contributed by atoms with E-state index < -0.39 is 16.1 Å². The van der Waals surface area contributed by atoms with Crippen LogP contribution in [0.1, 0.15) is 27.0 Å². The molecule has 166 valence electrons. The van der Waals surface area contributed by atoms with E-state index in [0.29, 0.717) is 30.6 Å². The van der Waals surface area contributed by atoms with Crippen LogP contribution in [-0.4, -0.2) is 51.8 Å². The molecule has 1 heterocycles. The van der Waals surface area contributed by atoms with Crippen LogP contribution < -0.4 is 14.9 Å². The largest absolute Gasteiger partial charge is 0.507 e. The van der Waals surface area contributed by atoms with Gasteiger partial charge in [-0.2, -0.15) is 0 Å². The fraction of sp³-hybridized carbons (Fsp3) is 0.333. The van der Waals surface area contributed by atoms with Gasteiger partial charge in [-0.05, 0) is 54.3 Å². The number of rotatable bonds is 8. The molecule has 0 radical (unpaired) electrons. The molecule has 3 N–H and O–H groups in total. The maximum Gasteiger partial charge on any atom is 0.411 e. The molecule has 2 aromatic carbocycles. The highest BCUT2D eigenvalue weighted by Crippen LogP contribution is 2.33. The number of nitrogens with zero attached hydrogens (tertiary/aromatic N) is 1. The molecular formula is C21H25N3O6S. The predicted octanol–water partition coefficient (Wildman–Crippen LogP) is 2.17. The van der Waals surface area contributed by atoms with Crippen LogP contribution in [0.4, 0.5) is 16.2 Å². The fourth-order valence-corrected chi connectivity index (χ4v) is 3.88. The van der Waals surface area contributed by atoms with E-state index in [1.54, 1.807) is 6.07 Å². The van der Waals surface area contributed by atoms with E-state index in [9.17, 15) is 23.1 Å². The number of phenols is 1. The number of carbonyl (C=O) groups excluding carboxylic acids is 2. The summed E-state index contributed by atoms with van der Waals surface area (Å²) in [6.45, 7) is 3.48. The summed E-state index contributed by atoms with van der Waals surface area (Å²) in [5.41, 5.74) is 4.31. The lowest BCUT2D eigenvalue weighted by molar-refractivity contribution is 0.112. The average Bonchev–Trinajstić information content (AvgIpc) is 3.07. The van der Waals surface area contributed by atoms with Crippen LogP contribution in [0.2, 0.25) is 0 Å². The van der Waals surface area contributed by atoms with Crippen LogP contribution in [0, 0.1) is 6.92 Å². The highest BCUT2D eigenvalue weighted by Gasteiger charge is 2.21. The zero-order chi connectivity index (χ0) is 22.6. The number of aromatic hydroxyl groups is 1. The Kier molecular flexibility index (Phi) is 6.81. The third-order valence-electron chi connectivity index (χ3n) is 4.99. The SMILES string of the molecule is Cc1cc2c(cc1NC(=O)OCc1ccc(C=O)c(O)c1)CCN2CCNS(C)(=O)=O. The first-order chi connectivity index (χ1) is 14.7. The maximum absolute atomic E-state index is 12.2. The van der Waals surface area contributed by atoms with Crippen LogP contribution in [-0.2, 0) is 27.8 Å². The number of hydrogen-bond acceptors (Lipinski definition) is 7. The van der Waals surface area contributed by atoms with Gasteiger partial charge < -0.3 is 14.7 Å². The summed E-state index contributed by atoms with van der Waals surface area (Å²) in [7, 11) is -3.22. The van der Waals surface area contributed by atoms with Gasteiger partial charge in [0.2, 0.25) is 10.0 Å². The van der Waals surface area contributed by atoms with Crippen molar-refractivity contribution in [3.63, 3.8) is 0 Å². The lowest BCUT2D eigenvalue weighted by Gasteiger charge is -2.20. The fourth-order valence-electron chi connectivity index (χ4n) is 3.41. The number of aryl methyl sites for hydroxylation is 1. The molecule has 0 atom stereocenters. The number of amides is 1. The van der Waals surface area contributed by atoms with E-state index in [1.165, 1.54) is 12.1 Å². The molecule has 10 heteroatoms. The van der Waals surface area contributed by atoms with Crippen molar-refractivity contribution >= 4 is 33.8 Å². The van der Waals surface area contributed by atoms with Gasteiger partial charge in [0.1, 0.15) is 12.4 Å². The molecule has 3 rings (SSSR count). The lowest BCUT2D eigenvalue weighted by Crippen LogP contribution is -2.33. The van der Waals surface area contributed by atoms with Crippen LogP contribution in [0.25, 0.3) is 0 Å². The van der Waals surface area contributed by atoms with Gasteiger partial charge in [-0.15, -0.1) is 0 Å². The van der Waals surface area contributed by atoms with Gasteiger partial charge in [0.25, 0.3) is 0 Å². The Morgan fingerprint density at radius 2 is 2.06 bits per heavy atom. The van der Waals surface area contributed by atoms with Crippen molar-refractivity contribution in [2.24, 2.45) is 0 Å². The minimum absolute atomic E-state index is 0.0520. The van der Waals surface area contributed by atoms with Crippen molar-refractivity contribution in [1.29, 1.82) is 0 Å². The first-order valence-electron chi connectivity index (χ1n) is 9.70. The van der Waals surface area contributed by atoms with Crippen molar-refractivity contribution in [2.45, 2.75) is 20.0 Å². The number of anilines is 2. The van der Waals surface area contributed by atoms with Crippen molar-refractivity contribution < 1.29 is 27.9 Å². The molecule has 0 aromatic heterocycles. The molecule has 31 heavy (non-hydrogen) atoms. The van der Waals surface area contributed by atoms with Crippen LogP contribution >= 0.6 is 0 Å². The number of sulfonamides is 1. The summed E-state index contributed by atoms with van der Waals surface area (Å²) in [6.07, 6.45) is 1.84. The van der Waals surface area contributed by atoms with Gasteiger partial charge >= 0.3 is 6.09 Å². The summed E-state index contributed by atoms with van der Waals surface area (Å²) in [5.74, 6) is -0.165. The predicted molar refractivity (Wildman–Crippen MR) is 117 cm³/mol. The molecule has 0 bridgehead atoms. The molecule has 9 nitrogen and oxygen atoms in total. The number of hydrogen-bond donors (Lipinski definition) is 3. The topological polar surface area (TPSA) is 125 Å². The zero-order valence-corrected chi connectivity index (χ0v) is 18.2. The van der Waals surface area contributed by atoms with Gasteiger partial charge in [-0.25, -0.2) is 17.9 Å². The van der Waals surface area contributed by atoms with Crippen LogP contribution in [0.5, 0.6) is 5.75 Å². The number of benzene rings is 2. The normalized spacial score (nSPS) is 13.0. The molecule has 2 aromatic rings. The first-order valence-corrected chi connectivity index (χ1v) is 11.6.